The number of aromatic nitrogens is 2. The summed E-state index contributed by atoms with van der Waals surface area (Å²) in [5.41, 5.74) is 5.46. The van der Waals surface area contributed by atoms with Gasteiger partial charge in [0.15, 0.2) is 0 Å². The van der Waals surface area contributed by atoms with Crippen molar-refractivity contribution in [2.45, 2.75) is 37.8 Å². The van der Waals surface area contributed by atoms with Gasteiger partial charge in [-0.05, 0) is 12.8 Å². The van der Waals surface area contributed by atoms with Crippen LogP contribution < -0.4 is 10.6 Å². The zero-order chi connectivity index (χ0) is 11.0. The summed E-state index contributed by atoms with van der Waals surface area (Å²) in [6.07, 6.45) is 5.07. The summed E-state index contributed by atoms with van der Waals surface area (Å²) in [4.78, 5) is 2.15. The van der Waals surface area contributed by atoms with Gasteiger partial charge < -0.3 is 19.8 Å². The molecule has 1 aliphatic carbocycles. The summed E-state index contributed by atoms with van der Waals surface area (Å²) >= 11 is 0. The van der Waals surface area contributed by atoms with E-state index in [0.29, 0.717) is 18.2 Å². The van der Waals surface area contributed by atoms with E-state index in [1.807, 2.05) is 0 Å². The SMILES string of the molecule is Nc1nnc(N2CCOC3CCCCC32)o1. The van der Waals surface area contributed by atoms with E-state index in [1.54, 1.807) is 0 Å². The van der Waals surface area contributed by atoms with Crippen LogP contribution in [-0.2, 0) is 4.74 Å². The van der Waals surface area contributed by atoms with Crippen LogP contribution in [0.15, 0.2) is 4.42 Å². The molecule has 2 N–H and O–H groups in total. The van der Waals surface area contributed by atoms with Crippen LogP contribution in [0.1, 0.15) is 25.7 Å². The second-order valence-electron chi connectivity index (χ2n) is 4.38. The largest absolute Gasteiger partial charge is 0.390 e. The summed E-state index contributed by atoms with van der Waals surface area (Å²) in [5, 5.41) is 7.67. The van der Waals surface area contributed by atoms with Gasteiger partial charge in [0.25, 0.3) is 0 Å². The normalized spacial score (nSPS) is 30.1. The van der Waals surface area contributed by atoms with E-state index >= 15 is 0 Å². The van der Waals surface area contributed by atoms with Crippen molar-refractivity contribution in [1.29, 1.82) is 0 Å². The molecule has 0 amide bonds. The maximum Gasteiger partial charge on any atom is 0.319 e. The van der Waals surface area contributed by atoms with Gasteiger partial charge in [0.05, 0.1) is 18.8 Å². The molecule has 2 fully saturated rings. The highest BCUT2D eigenvalue weighted by molar-refractivity contribution is 5.31. The summed E-state index contributed by atoms with van der Waals surface area (Å²) < 4.78 is 11.1. The molecule has 6 heteroatoms. The fraction of sp³-hybridized carbons (Fsp3) is 0.800. The molecular weight excluding hydrogens is 208 g/mol. The van der Waals surface area contributed by atoms with Crippen LogP contribution in [0.2, 0.25) is 0 Å². The lowest BCUT2D eigenvalue weighted by Crippen LogP contribution is -2.53. The molecule has 1 aliphatic heterocycles. The Labute approximate surface area is 93.8 Å². The highest BCUT2D eigenvalue weighted by Crippen LogP contribution is 2.31. The lowest BCUT2D eigenvalue weighted by Gasteiger charge is -2.42. The number of nitrogens with zero attached hydrogens (tertiary/aromatic N) is 3. The molecule has 2 heterocycles. The summed E-state index contributed by atoms with van der Waals surface area (Å²) in [7, 11) is 0. The Hall–Kier alpha value is -1.30. The second-order valence-corrected chi connectivity index (χ2v) is 4.38. The van der Waals surface area contributed by atoms with Gasteiger partial charge in [-0.25, -0.2) is 0 Å². The fourth-order valence-corrected chi connectivity index (χ4v) is 2.68. The first-order chi connectivity index (χ1) is 7.84. The molecule has 2 atom stereocenters. The van der Waals surface area contributed by atoms with Crippen LogP contribution in [0, 0.1) is 0 Å². The molecule has 0 radical (unpaired) electrons. The molecule has 16 heavy (non-hydrogen) atoms. The van der Waals surface area contributed by atoms with E-state index in [0.717, 1.165) is 26.0 Å². The van der Waals surface area contributed by atoms with Gasteiger partial charge in [-0.3, -0.25) is 0 Å². The predicted octanol–water partition coefficient (Wildman–Crippen LogP) is 0.800. The monoisotopic (exact) mass is 224 g/mol. The van der Waals surface area contributed by atoms with Crippen LogP contribution in [0.5, 0.6) is 0 Å². The number of anilines is 2. The highest BCUT2D eigenvalue weighted by Gasteiger charge is 2.36. The average Bonchev–Trinajstić information content (AvgIpc) is 2.75. The van der Waals surface area contributed by atoms with E-state index in [2.05, 4.69) is 15.1 Å². The van der Waals surface area contributed by atoms with Crippen molar-refractivity contribution >= 4 is 12.0 Å². The first-order valence-corrected chi connectivity index (χ1v) is 5.82. The first kappa shape index (κ1) is 9.89. The number of rotatable bonds is 1. The molecule has 2 aliphatic rings. The average molecular weight is 224 g/mol. The lowest BCUT2D eigenvalue weighted by molar-refractivity contribution is -0.0105. The van der Waals surface area contributed by atoms with Gasteiger partial charge >= 0.3 is 12.0 Å². The molecule has 3 rings (SSSR count). The van der Waals surface area contributed by atoms with E-state index < -0.39 is 0 Å². The third-order valence-electron chi connectivity index (χ3n) is 3.41. The molecule has 1 saturated carbocycles. The molecule has 88 valence electrons. The molecule has 2 unspecified atom stereocenters. The summed E-state index contributed by atoms with van der Waals surface area (Å²) in [6.45, 7) is 1.53. The van der Waals surface area contributed by atoms with Gasteiger partial charge in [-0.2, -0.15) is 0 Å². The Morgan fingerprint density at radius 3 is 2.94 bits per heavy atom. The zero-order valence-electron chi connectivity index (χ0n) is 9.13. The number of nitrogen functional groups attached to an aromatic ring is 1. The van der Waals surface area contributed by atoms with Gasteiger partial charge in [0.1, 0.15) is 0 Å². The van der Waals surface area contributed by atoms with E-state index in [9.17, 15) is 0 Å². The highest BCUT2D eigenvalue weighted by atomic mass is 16.5. The summed E-state index contributed by atoms with van der Waals surface area (Å²) in [5.74, 6) is 0. The predicted molar refractivity (Wildman–Crippen MR) is 58.1 cm³/mol. The maximum absolute atomic E-state index is 5.78. The minimum Gasteiger partial charge on any atom is -0.390 e. The van der Waals surface area contributed by atoms with Gasteiger partial charge in [-0.15, -0.1) is 0 Å². The van der Waals surface area contributed by atoms with Crippen molar-refractivity contribution in [2.75, 3.05) is 23.8 Å². The Bertz CT molecular complexity index is 365. The third-order valence-corrected chi connectivity index (χ3v) is 3.41. The number of hydrogen-bond donors (Lipinski definition) is 1. The molecule has 6 nitrogen and oxygen atoms in total. The number of nitrogens with two attached hydrogens (primary N) is 1. The van der Waals surface area contributed by atoms with Crippen molar-refractivity contribution in [2.24, 2.45) is 0 Å². The topological polar surface area (TPSA) is 77.4 Å². The van der Waals surface area contributed by atoms with Crippen molar-refractivity contribution in [1.82, 2.24) is 10.2 Å². The zero-order valence-corrected chi connectivity index (χ0v) is 9.13. The van der Waals surface area contributed by atoms with Crippen LogP contribution in [-0.4, -0.2) is 35.5 Å². The van der Waals surface area contributed by atoms with Crippen molar-refractivity contribution < 1.29 is 9.15 Å². The molecule has 1 aromatic rings. The van der Waals surface area contributed by atoms with Crippen molar-refractivity contribution in [3.8, 4) is 0 Å². The number of ether oxygens (including phenoxy) is 1. The van der Waals surface area contributed by atoms with Crippen LogP contribution in [0.4, 0.5) is 12.0 Å². The van der Waals surface area contributed by atoms with Crippen molar-refractivity contribution in [3.63, 3.8) is 0 Å². The van der Waals surface area contributed by atoms with E-state index in [-0.39, 0.29) is 6.01 Å². The lowest BCUT2D eigenvalue weighted by atomic mass is 9.90. The van der Waals surface area contributed by atoms with E-state index in [1.165, 1.54) is 12.8 Å². The van der Waals surface area contributed by atoms with E-state index in [4.69, 9.17) is 14.9 Å². The van der Waals surface area contributed by atoms with Gasteiger partial charge in [-0.1, -0.05) is 23.0 Å². The quantitative estimate of drug-likeness (QED) is 0.760. The molecule has 1 saturated heterocycles. The van der Waals surface area contributed by atoms with Gasteiger partial charge in [0, 0.05) is 6.54 Å². The Morgan fingerprint density at radius 1 is 1.25 bits per heavy atom. The Balaban J connectivity index is 1.82. The second kappa shape index (κ2) is 3.93. The van der Waals surface area contributed by atoms with Gasteiger partial charge in [0.2, 0.25) is 0 Å². The molecule has 0 bridgehead atoms. The molecular formula is C10H16N4O2. The maximum atomic E-state index is 5.78. The molecule has 0 spiro atoms. The smallest absolute Gasteiger partial charge is 0.319 e. The molecule has 1 aromatic heterocycles. The van der Waals surface area contributed by atoms with Crippen LogP contribution in [0.3, 0.4) is 0 Å². The van der Waals surface area contributed by atoms with Crippen LogP contribution in [0.25, 0.3) is 0 Å². The fourth-order valence-electron chi connectivity index (χ4n) is 2.68. The Morgan fingerprint density at radius 2 is 2.12 bits per heavy atom. The van der Waals surface area contributed by atoms with Crippen molar-refractivity contribution in [3.05, 3.63) is 0 Å². The number of fused-ring (bicyclic) bond motifs is 1. The van der Waals surface area contributed by atoms with Crippen LogP contribution >= 0.6 is 0 Å². The third kappa shape index (κ3) is 1.63. The minimum atomic E-state index is 0.133. The number of morpholine rings is 1. The first-order valence-electron chi connectivity index (χ1n) is 5.82. The standard InChI is InChI=1S/C10H16N4O2/c11-9-12-13-10(16-9)14-5-6-15-8-4-2-1-3-7(8)14/h7-8H,1-6H2,(H2,11,12). The summed E-state index contributed by atoms with van der Waals surface area (Å²) in [6, 6.07) is 1.05. The Kier molecular flexibility index (Phi) is 2.43. The number of hydrogen-bond acceptors (Lipinski definition) is 6. The molecule has 0 aromatic carbocycles. The minimum absolute atomic E-state index is 0.133.